The Hall–Kier alpha value is -2.49. The van der Waals surface area contributed by atoms with Crippen molar-refractivity contribution in [3.8, 4) is 11.5 Å². The minimum absolute atomic E-state index is 0.0340. The Kier molecular flexibility index (Phi) is 4.03. The second-order valence-corrected chi connectivity index (χ2v) is 3.94. The van der Waals surface area contributed by atoms with E-state index in [1.54, 1.807) is 25.3 Å². The van der Waals surface area contributed by atoms with Crippen LogP contribution in [0, 0.1) is 0 Å². The molecule has 0 aliphatic heterocycles. The molecular weight excluding hydrogens is 244 g/mol. The van der Waals surface area contributed by atoms with Gasteiger partial charge in [0.15, 0.2) is 0 Å². The van der Waals surface area contributed by atoms with Crippen LogP contribution in [0.4, 0.5) is 0 Å². The molecule has 0 amide bonds. The second-order valence-electron chi connectivity index (χ2n) is 3.94. The highest BCUT2D eigenvalue weighted by Gasteiger charge is 2.09. The fourth-order valence-electron chi connectivity index (χ4n) is 1.68. The van der Waals surface area contributed by atoms with Crippen molar-refractivity contribution in [3.05, 3.63) is 59.7 Å². The van der Waals surface area contributed by atoms with Crippen molar-refractivity contribution in [2.45, 2.75) is 6.61 Å². The molecule has 0 atom stereocenters. The first-order chi connectivity index (χ1) is 9.20. The third-order valence-corrected chi connectivity index (χ3v) is 2.63. The Morgan fingerprint density at radius 2 is 1.95 bits per heavy atom. The molecule has 2 rings (SSSR count). The minimum atomic E-state index is -0.484. The zero-order valence-corrected chi connectivity index (χ0v) is 10.5. The number of benzene rings is 2. The van der Waals surface area contributed by atoms with E-state index in [2.05, 4.69) is 0 Å². The molecule has 0 aliphatic rings. The molecule has 0 spiro atoms. The third kappa shape index (κ3) is 3.25. The number of hydrogen-bond donors (Lipinski definition) is 1. The molecule has 0 bridgehead atoms. The van der Waals surface area contributed by atoms with Crippen LogP contribution in [0.3, 0.4) is 0 Å². The molecule has 0 saturated carbocycles. The summed E-state index contributed by atoms with van der Waals surface area (Å²) >= 11 is 0. The molecule has 2 aromatic carbocycles. The lowest BCUT2D eigenvalue weighted by atomic mass is 10.2. The summed E-state index contributed by atoms with van der Waals surface area (Å²) in [6, 6.07) is 13.4. The maximum atomic E-state index is 11.8. The quantitative estimate of drug-likeness (QED) is 0.857. The first kappa shape index (κ1) is 13.0. The highest BCUT2D eigenvalue weighted by atomic mass is 16.5. The largest absolute Gasteiger partial charge is 0.508 e. The van der Waals surface area contributed by atoms with E-state index >= 15 is 0 Å². The normalized spacial score (nSPS) is 9.95. The smallest absolute Gasteiger partial charge is 0.338 e. The molecule has 98 valence electrons. The summed E-state index contributed by atoms with van der Waals surface area (Å²) in [5.41, 5.74) is 1.11. The van der Waals surface area contributed by atoms with Crippen molar-refractivity contribution in [3.63, 3.8) is 0 Å². The van der Waals surface area contributed by atoms with Crippen LogP contribution in [0.5, 0.6) is 11.5 Å². The van der Waals surface area contributed by atoms with Gasteiger partial charge in [0.2, 0.25) is 0 Å². The highest BCUT2D eigenvalue weighted by molar-refractivity contribution is 5.89. The van der Waals surface area contributed by atoms with Gasteiger partial charge < -0.3 is 14.6 Å². The molecule has 0 heterocycles. The van der Waals surface area contributed by atoms with Gasteiger partial charge in [-0.1, -0.05) is 24.3 Å². The molecule has 0 aromatic heterocycles. The molecule has 0 unspecified atom stereocenters. The van der Waals surface area contributed by atoms with E-state index in [0.717, 1.165) is 5.56 Å². The van der Waals surface area contributed by atoms with Crippen molar-refractivity contribution in [2.24, 2.45) is 0 Å². The van der Waals surface area contributed by atoms with Gasteiger partial charge in [-0.3, -0.25) is 0 Å². The molecule has 4 heteroatoms. The molecule has 2 aromatic rings. The van der Waals surface area contributed by atoms with Crippen LogP contribution in [0.1, 0.15) is 15.9 Å². The lowest BCUT2D eigenvalue weighted by Gasteiger charge is -2.09. The zero-order chi connectivity index (χ0) is 13.7. The molecule has 0 fully saturated rings. The van der Waals surface area contributed by atoms with Crippen LogP contribution < -0.4 is 4.74 Å². The number of aromatic hydroxyl groups is 1. The number of carbonyl (C=O) groups excluding carboxylic acids is 1. The standard InChI is InChI=1S/C15H14O4/c1-18-14-8-3-2-5-12(14)10-19-15(17)11-6-4-7-13(16)9-11/h2-9,16H,10H2,1H3. The molecule has 0 saturated heterocycles. The van der Waals surface area contributed by atoms with Crippen molar-refractivity contribution in [1.29, 1.82) is 0 Å². The van der Waals surface area contributed by atoms with Gasteiger partial charge in [0, 0.05) is 5.56 Å². The summed E-state index contributed by atoms with van der Waals surface area (Å²) in [6.45, 7) is 0.124. The van der Waals surface area contributed by atoms with Crippen molar-refractivity contribution < 1.29 is 19.4 Å². The number of carbonyl (C=O) groups is 1. The van der Waals surface area contributed by atoms with Crippen molar-refractivity contribution >= 4 is 5.97 Å². The van der Waals surface area contributed by atoms with E-state index in [1.165, 1.54) is 12.1 Å². The van der Waals surface area contributed by atoms with Gasteiger partial charge in [0.25, 0.3) is 0 Å². The maximum Gasteiger partial charge on any atom is 0.338 e. The number of ether oxygens (including phenoxy) is 2. The van der Waals surface area contributed by atoms with Crippen LogP contribution in [0.15, 0.2) is 48.5 Å². The number of para-hydroxylation sites is 1. The van der Waals surface area contributed by atoms with Crippen LogP contribution in [0.2, 0.25) is 0 Å². The van der Waals surface area contributed by atoms with Crippen molar-refractivity contribution in [2.75, 3.05) is 7.11 Å². The van der Waals surface area contributed by atoms with Gasteiger partial charge in [-0.2, -0.15) is 0 Å². The Morgan fingerprint density at radius 3 is 2.68 bits per heavy atom. The van der Waals surface area contributed by atoms with E-state index in [9.17, 15) is 9.90 Å². The van der Waals surface area contributed by atoms with E-state index in [0.29, 0.717) is 11.3 Å². The summed E-state index contributed by atoms with van der Waals surface area (Å²) < 4.78 is 10.4. The molecule has 1 N–H and O–H groups in total. The fourth-order valence-corrected chi connectivity index (χ4v) is 1.68. The number of methoxy groups -OCH3 is 1. The number of hydrogen-bond acceptors (Lipinski definition) is 4. The average Bonchev–Trinajstić information content (AvgIpc) is 2.45. The predicted octanol–water partition coefficient (Wildman–Crippen LogP) is 2.76. The maximum absolute atomic E-state index is 11.8. The SMILES string of the molecule is COc1ccccc1COC(=O)c1cccc(O)c1. The molecule has 19 heavy (non-hydrogen) atoms. The van der Waals surface area contributed by atoms with Gasteiger partial charge in [-0.15, -0.1) is 0 Å². The average molecular weight is 258 g/mol. The fraction of sp³-hybridized carbons (Fsp3) is 0.133. The predicted molar refractivity (Wildman–Crippen MR) is 70.2 cm³/mol. The molecule has 0 radical (unpaired) electrons. The van der Waals surface area contributed by atoms with E-state index in [1.807, 2.05) is 18.2 Å². The molecule has 0 aliphatic carbocycles. The number of phenolic OH excluding ortho intramolecular Hbond substituents is 1. The van der Waals surface area contributed by atoms with Gasteiger partial charge in [-0.05, 0) is 24.3 Å². The van der Waals surface area contributed by atoms with Gasteiger partial charge in [0.05, 0.1) is 12.7 Å². The Labute approximate surface area is 111 Å². The Morgan fingerprint density at radius 1 is 1.16 bits per heavy atom. The first-order valence-electron chi connectivity index (χ1n) is 5.79. The lowest BCUT2D eigenvalue weighted by Crippen LogP contribution is -2.05. The highest BCUT2D eigenvalue weighted by Crippen LogP contribution is 2.19. The third-order valence-electron chi connectivity index (χ3n) is 2.63. The topological polar surface area (TPSA) is 55.8 Å². The van der Waals surface area contributed by atoms with Gasteiger partial charge in [-0.25, -0.2) is 4.79 Å². The summed E-state index contributed by atoms with van der Waals surface area (Å²) in [4.78, 5) is 11.8. The van der Waals surface area contributed by atoms with Crippen LogP contribution >= 0.6 is 0 Å². The van der Waals surface area contributed by atoms with Crippen LogP contribution in [-0.2, 0) is 11.3 Å². The van der Waals surface area contributed by atoms with E-state index in [-0.39, 0.29) is 12.4 Å². The van der Waals surface area contributed by atoms with Gasteiger partial charge >= 0.3 is 5.97 Å². The monoisotopic (exact) mass is 258 g/mol. The van der Waals surface area contributed by atoms with Gasteiger partial charge in [0.1, 0.15) is 18.1 Å². The summed E-state index contributed by atoms with van der Waals surface area (Å²) in [5, 5.41) is 9.30. The first-order valence-corrected chi connectivity index (χ1v) is 5.79. The zero-order valence-electron chi connectivity index (χ0n) is 10.5. The van der Waals surface area contributed by atoms with E-state index in [4.69, 9.17) is 9.47 Å². The second kappa shape index (κ2) is 5.91. The summed E-state index contributed by atoms with van der Waals surface area (Å²) in [7, 11) is 1.57. The van der Waals surface area contributed by atoms with E-state index < -0.39 is 5.97 Å². The van der Waals surface area contributed by atoms with Crippen LogP contribution in [-0.4, -0.2) is 18.2 Å². The lowest BCUT2D eigenvalue weighted by molar-refractivity contribution is 0.0469. The van der Waals surface area contributed by atoms with Crippen molar-refractivity contribution in [1.82, 2.24) is 0 Å². The van der Waals surface area contributed by atoms with Crippen LogP contribution in [0.25, 0.3) is 0 Å². The Balaban J connectivity index is 2.04. The summed E-state index contributed by atoms with van der Waals surface area (Å²) in [6.07, 6.45) is 0. The molecular formula is C15H14O4. The Bertz CT molecular complexity index is 578. The summed E-state index contributed by atoms with van der Waals surface area (Å²) in [5.74, 6) is 0.222. The number of rotatable bonds is 4. The molecule has 4 nitrogen and oxygen atoms in total. The minimum Gasteiger partial charge on any atom is -0.508 e. The number of phenols is 1. The number of esters is 1.